The van der Waals surface area contributed by atoms with Crippen LogP contribution in [0.2, 0.25) is 0 Å². The molecule has 1 unspecified atom stereocenters. The molecule has 0 radical (unpaired) electrons. The minimum atomic E-state index is -1.64. The lowest BCUT2D eigenvalue weighted by Gasteiger charge is -2.45. The Labute approximate surface area is 178 Å². The second-order valence-electron chi connectivity index (χ2n) is 8.20. The summed E-state index contributed by atoms with van der Waals surface area (Å²) in [6.07, 6.45) is -0.363. The third-order valence-corrected chi connectivity index (χ3v) is 6.27. The van der Waals surface area contributed by atoms with E-state index < -0.39 is 23.1 Å². The van der Waals surface area contributed by atoms with Crippen molar-refractivity contribution < 1.29 is 33.4 Å². The van der Waals surface area contributed by atoms with Gasteiger partial charge in [0.2, 0.25) is 5.79 Å². The fourth-order valence-electron chi connectivity index (χ4n) is 4.92. The molecule has 0 aromatic heterocycles. The summed E-state index contributed by atoms with van der Waals surface area (Å²) in [5, 5.41) is 1.66. The third-order valence-electron chi connectivity index (χ3n) is 6.27. The van der Waals surface area contributed by atoms with E-state index in [1.54, 1.807) is 12.1 Å². The number of fused-ring (bicyclic) bond motifs is 3. The Hall–Kier alpha value is -3.16. The number of ether oxygens (including phenoxy) is 3. The van der Waals surface area contributed by atoms with Crippen molar-refractivity contribution in [2.75, 3.05) is 13.2 Å². The smallest absolute Gasteiger partial charge is 0.303 e. The van der Waals surface area contributed by atoms with E-state index in [4.69, 9.17) is 14.2 Å². The minimum absolute atomic E-state index is 0.109. The Morgan fingerprint density at radius 3 is 2.06 bits per heavy atom. The largest absolute Gasteiger partial charge is 0.451 e. The lowest BCUT2D eigenvalue weighted by Crippen LogP contribution is -2.56. The molecule has 1 saturated heterocycles. The number of ketones is 3. The average Bonchev–Trinajstić information content (AvgIpc) is 3.18. The van der Waals surface area contributed by atoms with E-state index in [9.17, 15) is 19.2 Å². The van der Waals surface area contributed by atoms with Crippen LogP contribution in [-0.2, 0) is 23.8 Å². The molecular weight excluding hydrogens is 400 g/mol. The van der Waals surface area contributed by atoms with Gasteiger partial charge in [0.1, 0.15) is 0 Å². The highest BCUT2D eigenvalue weighted by atomic mass is 16.7. The number of carbonyl (C=O) groups excluding carboxylic acids is 4. The van der Waals surface area contributed by atoms with Gasteiger partial charge in [-0.1, -0.05) is 24.3 Å². The van der Waals surface area contributed by atoms with Gasteiger partial charge >= 0.3 is 5.97 Å². The van der Waals surface area contributed by atoms with E-state index >= 15 is 0 Å². The molecule has 1 spiro atoms. The number of hydrogen-bond donors (Lipinski definition) is 0. The van der Waals surface area contributed by atoms with Crippen molar-refractivity contribution in [1.29, 1.82) is 0 Å². The molecular formula is C24H20O7. The molecule has 0 amide bonds. The predicted molar refractivity (Wildman–Crippen MR) is 109 cm³/mol. The molecule has 7 heteroatoms. The second-order valence-corrected chi connectivity index (χ2v) is 8.20. The Bertz CT molecular complexity index is 1220. The fraction of sp³-hybridized carbons (Fsp3) is 0.333. The molecule has 1 heterocycles. The molecule has 2 aromatic rings. The predicted octanol–water partition coefficient (Wildman–Crippen LogP) is 2.94. The van der Waals surface area contributed by atoms with Crippen LogP contribution < -0.4 is 0 Å². The van der Waals surface area contributed by atoms with Gasteiger partial charge in [-0.15, -0.1) is 0 Å². The summed E-state index contributed by atoms with van der Waals surface area (Å²) in [4.78, 5) is 51.8. The first kappa shape index (κ1) is 19.8. The normalized spacial score (nSPS) is 24.3. The summed E-state index contributed by atoms with van der Waals surface area (Å²) < 4.78 is 17.2. The molecule has 5 rings (SSSR count). The lowest BCUT2D eigenvalue weighted by atomic mass is 9.67. The third kappa shape index (κ3) is 2.80. The van der Waals surface area contributed by atoms with Crippen molar-refractivity contribution in [1.82, 2.24) is 0 Å². The van der Waals surface area contributed by atoms with E-state index in [0.29, 0.717) is 0 Å². The summed E-state index contributed by atoms with van der Waals surface area (Å²) in [5.41, 5.74) is -0.875. The van der Waals surface area contributed by atoms with Crippen LogP contribution in [0.25, 0.3) is 10.8 Å². The molecule has 2 aromatic carbocycles. The monoisotopic (exact) mass is 420 g/mol. The van der Waals surface area contributed by atoms with Crippen LogP contribution in [0.5, 0.6) is 0 Å². The van der Waals surface area contributed by atoms with Gasteiger partial charge in [0.25, 0.3) is 0 Å². The zero-order valence-corrected chi connectivity index (χ0v) is 17.2. The molecule has 7 nitrogen and oxygen atoms in total. The first-order valence-corrected chi connectivity index (χ1v) is 10.1. The van der Waals surface area contributed by atoms with Crippen LogP contribution in [-0.4, -0.2) is 47.9 Å². The molecule has 0 saturated carbocycles. The zero-order valence-electron chi connectivity index (χ0n) is 17.2. The van der Waals surface area contributed by atoms with Gasteiger partial charge in [0, 0.05) is 30.0 Å². The summed E-state index contributed by atoms with van der Waals surface area (Å²) in [6.45, 7) is 2.88. The number of esters is 1. The number of Topliss-reactive ketones (excluding diaryl/α,β-unsaturated/α-hetero) is 3. The van der Waals surface area contributed by atoms with E-state index in [1.165, 1.54) is 13.8 Å². The average molecular weight is 420 g/mol. The standard InChI is InChI=1S/C24H20O7/c1-13(25)23(31-14(2)26)11-19-20(24(12-23)29-7-8-30-24)22(28)18-10-16-6-4-3-5-15(16)9-17(18)21(19)27/h3-6,9-10H,7-8,11-12H2,1-2H3. The number of benzene rings is 2. The zero-order chi connectivity index (χ0) is 22.0. The first-order valence-electron chi connectivity index (χ1n) is 10.1. The van der Waals surface area contributed by atoms with E-state index in [0.717, 1.165) is 10.8 Å². The van der Waals surface area contributed by atoms with Crippen molar-refractivity contribution in [2.45, 2.75) is 38.1 Å². The van der Waals surface area contributed by atoms with Gasteiger partial charge in [0.15, 0.2) is 23.0 Å². The number of rotatable bonds is 2. The molecule has 1 fully saturated rings. The highest BCUT2D eigenvalue weighted by molar-refractivity contribution is 6.29. The molecule has 158 valence electrons. The maximum absolute atomic E-state index is 13.6. The van der Waals surface area contributed by atoms with Gasteiger partial charge in [0.05, 0.1) is 25.2 Å². The van der Waals surface area contributed by atoms with E-state index in [-0.39, 0.29) is 59.9 Å². The Kier molecular flexibility index (Phi) is 4.26. The molecule has 31 heavy (non-hydrogen) atoms. The van der Waals surface area contributed by atoms with Crippen molar-refractivity contribution in [3.63, 3.8) is 0 Å². The summed E-state index contributed by atoms with van der Waals surface area (Å²) in [7, 11) is 0. The Morgan fingerprint density at radius 1 is 0.935 bits per heavy atom. The first-order chi connectivity index (χ1) is 14.8. The van der Waals surface area contributed by atoms with Gasteiger partial charge in [-0.05, 0) is 29.8 Å². The van der Waals surface area contributed by atoms with E-state index in [1.807, 2.05) is 24.3 Å². The van der Waals surface area contributed by atoms with Crippen LogP contribution in [0, 0.1) is 0 Å². The topological polar surface area (TPSA) is 96.0 Å². The van der Waals surface area contributed by atoms with Crippen molar-refractivity contribution in [2.24, 2.45) is 0 Å². The molecule has 1 atom stereocenters. The maximum atomic E-state index is 13.6. The van der Waals surface area contributed by atoms with Crippen LogP contribution in [0.3, 0.4) is 0 Å². The van der Waals surface area contributed by atoms with Crippen LogP contribution in [0.1, 0.15) is 47.4 Å². The SMILES string of the molecule is CC(=O)OC1(C(C)=O)CC2=C(C(=O)c3cc4ccccc4cc3C2=O)C2(C1)OCCO2. The molecule has 2 aliphatic carbocycles. The molecule has 3 aliphatic rings. The second kappa shape index (κ2) is 6.67. The van der Waals surface area contributed by atoms with Gasteiger partial charge in [-0.25, -0.2) is 0 Å². The van der Waals surface area contributed by atoms with Crippen molar-refractivity contribution in [3.8, 4) is 0 Å². The number of hydrogen-bond acceptors (Lipinski definition) is 7. The quantitative estimate of drug-likeness (QED) is 0.689. The fourth-order valence-corrected chi connectivity index (χ4v) is 4.92. The summed E-state index contributed by atoms with van der Waals surface area (Å²) in [6, 6.07) is 10.8. The van der Waals surface area contributed by atoms with Crippen molar-refractivity contribution in [3.05, 3.63) is 58.7 Å². The minimum Gasteiger partial charge on any atom is -0.451 e. The van der Waals surface area contributed by atoms with Gasteiger partial charge < -0.3 is 14.2 Å². The molecule has 0 bridgehead atoms. The molecule has 0 N–H and O–H groups in total. The van der Waals surface area contributed by atoms with E-state index in [2.05, 4.69) is 0 Å². The van der Waals surface area contributed by atoms with Crippen LogP contribution in [0.15, 0.2) is 47.5 Å². The highest BCUT2D eigenvalue weighted by Gasteiger charge is 2.60. The maximum Gasteiger partial charge on any atom is 0.303 e. The molecule has 1 aliphatic heterocycles. The highest BCUT2D eigenvalue weighted by Crippen LogP contribution is 2.50. The summed E-state index contributed by atoms with van der Waals surface area (Å²) in [5.74, 6) is -3.45. The van der Waals surface area contributed by atoms with Crippen LogP contribution >= 0.6 is 0 Å². The lowest BCUT2D eigenvalue weighted by molar-refractivity contribution is -0.195. The summed E-state index contributed by atoms with van der Waals surface area (Å²) >= 11 is 0. The number of carbonyl (C=O) groups is 4. The van der Waals surface area contributed by atoms with Gasteiger partial charge in [-0.3, -0.25) is 19.2 Å². The van der Waals surface area contributed by atoms with Crippen LogP contribution in [0.4, 0.5) is 0 Å². The van der Waals surface area contributed by atoms with Gasteiger partial charge in [-0.2, -0.15) is 0 Å². The Morgan fingerprint density at radius 2 is 1.52 bits per heavy atom. The van der Waals surface area contributed by atoms with Crippen molar-refractivity contribution >= 4 is 34.1 Å². The Balaban J connectivity index is 1.74.